The minimum absolute atomic E-state index is 0.000594. The Morgan fingerprint density at radius 1 is 1.00 bits per heavy atom. The monoisotopic (exact) mass is 387 g/mol. The van der Waals surface area contributed by atoms with Crippen molar-refractivity contribution in [3.05, 3.63) is 29.8 Å². The van der Waals surface area contributed by atoms with Crippen molar-refractivity contribution in [2.75, 3.05) is 18.6 Å². The quantitative estimate of drug-likeness (QED) is 0.771. The minimum atomic E-state index is -5.97. The lowest BCUT2D eigenvalue weighted by molar-refractivity contribution is -0.376. The van der Waals surface area contributed by atoms with E-state index in [4.69, 9.17) is 4.74 Å². The molecule has 0 unspecified atom stereocenters. The van der Waals surface area contributed by atoms with Crippen LogP contribution in [0.4, 0.5) is 36.8 Å². The number of alkyl halides is 6. The van der Waals surface area contributed by atoms with Gasteiger partial charge in [-0.25, -0.2) is 4.79 Å². The molecule has 1 N–H and O–H groups in total. The molecule has 1 amide bonds. The molecule has 0 spiro atoms. The van der Waals surface area contributed by atoms with Gasteiger partial charge in [0.05, 0.1) is 6.61 Å². The Morgan fingerprint density at radius 2 is 1.42 bits per heavy atom. The number of hydrogen-bond acceptors (Lipinski definition) is 3. The predicted octanol–water partition coefficient (Wildman–Crippen LogP) is 4.62. The summed E-state index contributed by atoms with van der Waals surface area (Å²) >= 11 is 0. The van der Waals surface area contributed by atoms with E-state index in [9.17, 15) is 36.2 Å². The lowest BCUT2D eigenvalue weighted by Crippen LogP contribution is -2.53. The van der Waals surface area contributed by atoms with Crippen molar-refractivity contribution >= 4 is 11.8 Å². The van der Waals surface area contributed by atoms with E-state index < -0.39 is 29.6 Å². The second-order valence-corrected chi connectivity index (χ2v) is 6.93. The largest absolute Gasteiger partial charge is 0.449 e. The maximum Gasteiger partial charge on any atom is 0.430 e. The van der Waals surface area contributed by atoms with Gasteiger partial charge in [-0.05, 0) is 17.5 Å². The fourth-order valence-corrected chi connectivity index (χ4v) is 1.89. The van der Waals surface area contributed by atoms with E-state index in [1.807, 2.05) is 20.8 Å². The van der Waals surface area contributed by atoms with Gasteiger partial charge in [-0.1, -0.05) is 32.9 Å². The minimum Gasteiger partial charge on any atom is -0.449 e. The Bertz CT molecular complexity index is 617. The Labute approximate surface area is 146 Å². The van der Waals surface area contributed by atoms with Crippen molar-refractivity contribution in [2.24, 2.45) is 5.41 Å². The Balaban J connectivity index is 3.09. The van der Waals surface area contributed by atoms with Gasteiger partial charge in [0, 0.05) is 18.3 Å². The Kier molecular flexibility index (Phi) is 5.92. The van der Waals surface area contributed by atoms with Crippen molar-refractivity contribution in [2.45, 2.75) is 38.7 Å². The normalized spacial score (nSPS) is 13.5. The zero-order valence-corrected chi connectivity index (χ0v) is 14.5. The summed E-state index contributed by atoms with van der Waals surface area (Å²) in [5.74, 6) is 0. The van der Waals surface area contributed by atoms with E-state index in [1.165, 1.54) is 7.05 Å². The number of carbonyl (C=O) groups is 1. The zero-order valence-electron chi connectivity index (χ0n) is 14.5. The van der Waals surface area contributed by atoms with Gasteiger partial charge in [0.2, 0.25) is 0 Å². The summed E-state index contributed by atoms with van der Waals surface area (Å²) in [7, 11) is 1.25. The van der Waals surface area contributed by atoms with Crippen LogP contribution in [0.5, 0.6) is 0 Å². The molecule has 1 rings (SSSR count). The summed E-state index contributed by atoms with van der Waals surface area (Å²) in [6.45, 7) is 5.49. The molecular weight excluding hydrogens is 368 g/mol. The molecule has 10 heteroatoms. The fraction of sp³-hybridized carbons (Fsp3) is 0.562. The van der Waals surface area contributed by atoms with Crippen LogP contribution >= 0.6 is 0 Å². The van der Waals surface area contributed by atoms with Gasteiger partial charge in [0.25, 0.3) is 5.60 Å². The fourth-order valence-electron chi connectivity index (χ4n) is 1.89. The molecule has 0 fully saturated rings. The first-order valence-corrected chi connectivity index (χ1v) is 7.37. The number of carbonyl (C=O) groups excluding carboxylic acids is 1. The topological polar surface area (TPSA) is 49.8 Å². The van der Waals surface area contributed by atoms with E-state index in [2.05, 4.69) is 0 Å². The highest BCUT2D eigenvalue weighted by Gasteiger charge is 2.71. The van der Waals surface area contributed by atoms with E-state index in [-0.39, 0.29) is 17.7 Å². The lowest BCUT2D eigenvalue weighted by atomic mass is 9.92. The number of benzene rings is 1. The SMILES string of the molecule is CN(C(=O)OCC(C)(C)C)c1ccc(C(O)(C(F)(F)F)C(F)(F)F)cc1. The number of halogens is 6. The van der Waals surface area contributed by atoms with Crippen molar-refractivity contribution in [1.29, 1.82) is 0 Å². The first kappa shape index (κ1) is 22.1. The number of nitrogens with zero attached hydrogens (tertiary/aromatic N) is 1. The third-order valence-electron chi connectivity index (χ3n) is 3.40. The molecule has 1 aromatic carbocycles. The van der Waals surface area contributed by atoms with E-state index in [1.54, 1.807) is 0 Å². The molecule has 0 aliphatic rings. The van der Waals surface area contributed by atoms with Gasteiger partial charge >= 0.3 is 18.4 Å². The van der Waals surface area contributed by atoms with Crippen LogP contribution < -0.4 is 4.90 Å². The zero-order chi connectivity index (χ0) is 20.6. The molecule has 1 aromatic rings. The molecule has 0 radical (unpaired) electrons. The van der Waals surface area contributed by atoms with Gasteiger partial charge < -0.3 is 9.84 Å². The molecule has 0 atom stereocenters. The lowest BCUT2D eigenvalue weighted by Gasteiger charge is -2.32. The highest BCUT2D eigenvalue weighted by Crippen LogP contribution is 2.50. The van der Waals surface area contributed by atoms with Crippen LogP contribution in [-0.2, 0) is 10.3 Å². The average molecular weight is 387 g/mol. The first-order valence-electron chi connectivity index (χ1n) is 7.37. The molecule has 0 heterocycles. The van der Waals surface area contributed by atoms with E-state index in [0.29, 0.717) is 12.1 Å². The van der Waals surface area contributed by atoms with Crippen LogP contribution in [0.3, 0.4) is 0 Å². The molecule has 0 aliphatic carbocycles. The highest BCUT2D eigenvalue weighted by atomic mass is 19.4. The van der Waals surface area contributed by atoms with Gasteiger partial charge in [-0.2, -0.15) is 26.3 Å². The molecular formula is C16H19F6NO3. The first-order chi connectivity index (χ1) is 11.5. The second-order valence-electron chi connectivity index (χ2n) is 6.93. The van der Waals surface area contributed by atoms with Crippen molar-refractivity contribution < 1.29 is 41.0 Å². The number of aliphatic hydroxyl groups is 1. The standard InChI is InChI=1S/C16H19F6NO3/c1-13(2,3)9-26-12(24)23(4)11-7-5-10(6-8-11)14(25,15(17,18)19)16(20,21)22/h5-8,25H,9H2,1-4H3. The Morgan fingerprint density at radius 3 is 1.77 bits per heavy atom. The molecule has 148 valence electrons. The van der Waals surface area contributed by atoms with Gasteiger partial charge in [-0.15, -0.1) is 0 Å². The maximum atomic E-state index is 12.8. The predicted molar refractivity (Wildman–Crippen MR) is 81.7 cm³/mol. The van der Waals surface area contributed by atoms with Crippen LogP contribution in [-0.4, -0.2) is 37.2 Å². The molecule has 0 saturated heterocycles. The average Bonchev–Trinajstić information content (AvgIpc) is 2.48. The molecule has 0 aromatic heterocycles. The Hall–Kier alpha value is -1.97. The summed E-state index contributed by atoms with van der Waals surface area (Å²) in [5, 5.41) is 9.31. The van der Waals surface area contributed by atoms with Crippen molar-refractivity contribution in [1.82, 2.24) is 0 Å². The maximum absolute atomic E-state index is 12.8. The molecule has 0 saturated carbocycles. The van der Waals surface area contributed by atoms with Gasteiger partial charge in [0.15, 0.2) is 0 Å². The molecule has 26 heavy (non-hydrogen) atoms. The highest BCUT2D eigenvalue weighted by molar-refractivity contribution is 5.86. The number of ether oxygens (including phenoxy) is 1. The summed E-state index contributed by atoms with van der Waals surface area (Å²) in [6, 6.07) is 2.64. The van der Waals surface area contributed by atoms with Gasteiger partial charge in [-0.3, -0.25) is 4.90 Å². The van der Waals surface area contributed by atoms with Crippen LogP contribution in [0.25, 0.3) is 0 Å². The summed E-state index contributed by atoms with van der Waals surface area (Å²) in [4.78, 5) is 12.8. The molecule has 4 nitrogen and oxygen atoms in total. The van der Waals surface area contributed by atoms with Crippen LogP contribution in [0.1, 0.15) is 26.3 Å². The molecule has 0 aliphatic heterocycles. The number of hydrogen-bond donors (Lipinski definition) is 1. The van der Waals surface area contributed by atoms with Crippen LogP contribution in [0, 0.1) is 5.41 Å². The second kappa shape index (κ2) is 6.98. The summed E-state index contributed by atoms with van der Waals surface area (Å²) in [6.07, 6.45) is -12.8. The number of amides is 1. The number of rotatable bonds is 3. The van der Waals surface area contributed by atoms with E-state index in [0.717, 1.165) is 17.0 Å². The van der Waals surface area contributed by atoms with Crippen molar-refractivity contribution in [3.63, 3.8) is 0 Å². The van der Waals surface area contributed by atoms with Gasteiger partial charge in [0.1, 0.15) is 0 Å². The summed E-state index contributed by atoms with van der Waals surface area (Å²) in [5.41, 5.74) is -6.74. The third-order valence-corrected chi connectivity index (χ3v) is 3.40. The third kappa shape index (κ3) is 4.60. The summed E-state index contributed by atoms with van der Waals surface area (Å²) < 4.78 is 82.0. The molecule has 0 bridgehead atoms. The smallest absolute Gasteiger partial charge is 0.430 e. The van der Waals surface area contributed by atoms with Crippen LogP contribution in [0.15, 0.2) is 24.3 Å². The van der Waals surface area contributed by atoms with Crippen molar-refractivity contribution in [3.8, 4) is 0 Å². The van der Waals surface area contributed by atoms with Crippen LogP contribution in [0.2, 0.25) is 0 Å². The number of anilines is 1. The van der Waals surface area contributed by atoms with E-state index >= 15 is 0 Å².